The largest absolute Gasteiger partial charge is 0.493 e. The second-order valence-corrected chi connectivity index (χ2v) is 3.15. The SMILES string of the molecule is COc1c(Cl)cc(C)c(C)c1N. The van der Waals surface area contributed by atoms with Crippen molar-refractivity contribution in [3.05, 3.63) is 22.2 Å². The van der Waals surface area contributed by atoms with Crippen LogP contribution in [0.25, 0.3) is 0 Å². The summed E-state index contributed by atoms with van der Waals surface area (Å²) in [4.78, 5) is 0. The van der Waals surface area contributed by atoms with Gasteiger partial charge >= 0.3 is 0 Å². The van der Waals surface area contributed by atoms with Gasteiger partial charge in [-0.05, 0) is 31.0 Å². The summed E-state index contributed by atoms with van der Waals surface area (Å²) in [6.45, 7) is 3.92. The Labute approximate surface area is 77.3 Å². The Morgan fingerprint density at radius 3 is 2.50 bits per heavy atom. The second kappa shape index (κ2) is 3.23. The number of nitrogen functional groups attached to an aromatic ring is 1. The van der Waals surface area contributed by atoms with Crippen molar-refractivity contribution in [3.8, 4) is 5.75 Å². The van der Waals surface area contributed by atoms with Crippen molar-refractivity contribution in [1.29, 1.82) is 0 Å². The van der Waals surface area contributed by atoms with Crippen LogP contribution in [-0.2, 0) is 0 Å². The van der Waals surface area contributed by atoms with E-state index in [-0.39, 0.29) is 0 Å². The van der Waals surface area contributed by atoms with Crippen molar-refractivity contribution < 1.29 is 4.74 Å². The van der Waals surface area contributed by atoms with Crippen LogP contribution in [0.3, 0.4) is 0 Å². The van der Waals surface area contributed by atoms with E-state index in [1.807, 2.05) is 19.9 Å². The summed E-state index contributed by atoms with van der Waals surface area (Å²) in [5.41, 5.74) is 8.52. The van der Waals surface area contributed by atoms with Crippen molar-refractivity contribution >= 4 is 17.3 Å². The van der Waals surface area contributed by atoms with Gasteiger partial charge < -0.3 is 10.5 Å². The minimum Gasteiger partial charge on any atom is -0.493 e. The molecule has 1 aromatic carbocycles. The number of anilines is 1. The number of methoxy groups -OCH3 is 1. The zero-order valence-corrected chi connectivity index (χ0v) is 8.20. The third-order valence-corrected chi connectivity index (χ3v) is 2.29. The highest BCUT2D eigenvalue weighted by Gasteiger charge is 2.09. The lowest BCUT2D eigenvalue weighted by atomic mass is 10.1. The molecule has 1 aromatic rings. The molecule has 0 unspecified atom stereocenters. The number of halogens is 1. The number of hydrogen-bond donors (Lipinski definition) is 1. The van der Waals surface area contributed by atoms with Crippen molar-refractivity contribution in [3.63, 3.8) is 0 Å². The van der Waals surface area contributed by atoms with Gasteiger partial charge in [0.25, 0.3) is 0 Å². The van der Waals surface area contributed by atoms with Gasteiger partial charge in [-0.15, -0.1) is 0 Å². The maximum atomic E-state index is 5.90. The summed E-state index contributed by atoms with van der Waals surface area (Å²) in [5, 5.41) is 0.568. The molecule has 0 fully saturated rings. The fourth-order valence-corrected chi connectivity index (χ4v) is 1.43. The Hall–Kier alpha value is -0.890. The number of hydrogen-bond acceptors (Lipinski definition) is 2. The summed E-state index contributed by atoms with van der Waals surface area (Å²) >= 11 is 5.90. The lowest BCUT2D eigenvalue weighted by molar-refractivity contribution is 0.417. The van der Waals surface area contributed by atoms with E-state index in [1.54, 1.807) is 7.11 Å². The molecule has 2 nitrogen and oxygen atoms in total. The molecule has 1 rings (SSSR count). The van der Waals surface area contributed by atoms with E-state index < -0.39 is 0 Å². The van der Waals surface area contributed by atoms with Gasteiger partial charge in [0.1, 0.15) is 0 Å². The fraction of sp³-hybridized carbons (Fsp3) is 0.333. The van der Waals surface area contributed by atoms with Crippen LogP contribution in [-0.4, -0.2) is 7.11 Å². The molecule has 0 bridgehead atoms. The molecular formula is C9H12ClNO. The van der Waals surface area contributed by atoms with E-state index in [1.165, 1.54) is 0 Å². The second-order valence-electron chi connectivity index (χ2n) is 2.75. The molecule has 0 aliphatic rings. The molecule has 0 aliphatic heterocycles. The van der Waals surface area contributed by atoms with Gasteiger partial charge in [-0.3, -0.25) is 0 Å². The molecule has 0 radical (unpaired) electrons. The molecule has 0 aromatic heterocycles. The first kappa shape index (κ1) is 9.20. The van der Waals surface area contributed by atoms with Crippen molar-refractivity contribution in [1.82, 2.24) is 0 Å². The lowest BCUT2D eigenvalue weighted by Gasteiger charge is -2.11. The summed E-state index contributed by atoms with van der Waals surface area (Å²) in [6.07, 6.45) is 0. The predicted molar refractivity (Wildman–Crippen MR) is 51.9 cm³/mol. The van der Waals surface area contributed by atoms with Gasteiger partial charge in [0.15, 0.2) is 5.75 Å². The van der Waals surface area contributed by atoms with Crippen molar-refractivity contribution in [2.45, 2.75) is 13.8 Å². The van der Waals surface area contributed by atoms with Gasteiger partial charge in [-0.1, -0.05) is 11.6 Å². The quantitative estimate of drug-likeness (QED) is 0.683. The zero-order valence-electron chi connectivity index (χ0n) is 7.44. The van der Waals surface area contributed by atoms with Gasteiger partial charge in [0.2, 0.25) is 0 Å². The van der Waals surface area contributed by atoms with Crippen LogP contribution in [0, 0.1) is 13.8 Å². The third-order valence-electron chi connectivity index (χ3n) is 2.00. The van der Waals surface area contributed by atoms with Crippen LogP contribution < -0.4 is 10.5 Å². The molecule has 0 saturated carbocycles. The van der Waals surface area contributed by atoms with Crippen molar-refractivity contribution in [2.75, 3.05) is 12.8 Å². The van der Waals surface area contributed by atoms with Crippen LogP contribution in [0.2, 0.25) is 5.02 Å². The zero-order chi connectivity index (χ0) is 9.30. The molecule has 66 valence electrons. The van der Waals surface area contributed by atoms with E-state index in [0.29, 0.717) is 16.5 Å². The van der Waals surface area contributed by atoms with Crippen LogP contribution in [0.15, 0.2) is 6.07 Å². The van der Waals surface area contributed by atoms with E-state index in [0.717, 1.165) is 11.1 Å². The standard InChI is InChI=1S/C9H12ClNO/c1-5-4-7(10)9(12-3)8(11)6(5)2/h4H,11H2,1-3H3. The molecule has 0 atom stereocenters. The Morgan fingerprint density at radius 1 is 1.42 bits per heavy atom. The van der Waals surface area contributed by atoms with Crippen LogP contribution in [0.4, 0.5) is 5.69 Å². The molecular weight excluding hydrogens is 174 g/mol. The smallest absolute Gasteiger partial charge is 0.160 e. The van der Waals surface area contributed by atoms with Crippen LogP contribution in [0.5, 0.6) is 5.75 Å². The third kappa shape index (κ3) is 1.34. The van der Waals surface area contributed by atoms with Gasteiger partial charge in [-0.2, -0.15) is 0 Å². The molecule has 0 saturated heterocycles. The van der Waals surface area contributed by atoms with Gasteiger partial charge in [0, 0.05) is 0 Å². The molecule has 0 heterocycles. The first-order chi connectivity index (χ1) is 5.57. The van der Waals surface area contributed by atoms with E-state index >= 15 is 0 Å². The minimum atomic E-state index is 0.568. The van der Waals surface area contributed by atoms with E-state index in [4.69, 9.17) is 22.1 Å². The van der Waals surface area contributed by atoms with Crippen LogP contribution in [0.1, 0.15) is 11.1 Å². The maximum Gasteiger partial charge on any atom is 0.160 e. The maximum absolute atomic E-state index is 5.90. The van der Waals surface area contributed by atoms with E-state index in [2.05, 4.69) is 0 Å². The van der Waals surface area contributed by atoms with Crippen LogP contribution >= 0.6 is 11.6 Å². The number of benzene rings is 1. The van der Waals surface area contributed by atoms with Crippen molar-refractivity contribution in [2.24, 2.45) is 0 Å². The average molecular weight is 186 g/mol. The monoisotopic (exact) mass is 185 g/mol. The molecule has 0 spiro atoms. The number of ether oxygens (including phenoxy) is 1. The Balaban J connectivity index is 3.40. The highest BCUT2D eigenvalue weighted by Crippen LogP contribution is 2.34. The average Bonchev–Trinajstić information content (AvgIpc) is 2.01. The number of rotatable bonds is 1. The molecule has 3 heteroatoms. The number of nitrogens with two attached hydrogens (primary N) is 1. The Kier molecular flexibility index (Phi) is 2.48. The van der Waals surface area contributed by atoms with Gasteiger partial charge in [0.05, 0.1) is 17.8 Å². The fourth-order valence-electron chi connectivity index (χ4n) is 1.08. The highest BCUT2D eigenvalue weighted by atomic mass is 35.5. The van der Waals surface area contributed by atoms with Gasteiger partial charge in [-0.25, -0.2) is 0 Å². The topological polar surface area (TPSA) is 35.2 Å². The minimum absolute atomic E-state index is 0.568. The van der Waals surface area contributed by atoms with E-state index in [9.17, 15) is 0 Å². The summed E-state index contributed by atoms with van der Waals surface area (Å²) in [5.74, 6) is 0.569. The Morgan fingerprint density at radius 2 is 2.00 bits per heavy atom. The molecule has 2 N–H and O–H groups in total. The molecule has 0 aliphatic carbocycles. The summed E-state index contributed by atoms with van der Waals surface area (Å²) < 4.78 is 5.05. The summed E-state index contributed by atoms with van der Waals surface area (Å²) in [6, 6.07) is 1.85. The number of aryl methyl sites for hydroxylation is 1. The molecule has 12 heavy (non-hydrogen) atoms. The first-order valence-electron chi connectivity index (χ1n) is 3.67. The summed E-state index contributed by atoms with van der Waals surface area (Å²) in [7, 11) is 1.56. The molecule has 0 amide bonds. The first-order valence-corrected chi connectivity index (χ1v) is 4.05. The lowest BCUT2D eigenvalue weighted by Crippen LogP contribution is -1.97. The predicted octanol–water partition coefficient (Wildman–Crippen LogP) is 2.55. The Bertz CT molecular complexity index is 310. The normalized spacial score (nSPS) is 10.0. The highest BCUT2D eigenvalue weighted by molar-refractivity contribution is 6.32.